The van der Waals surface area contributed by atoms with Crippen molar-refractivity contribution in [3.05, 3.63) is 29.0 Å². The number of aromatic nitrogens is 2. The molecule has 1 saturated heterocycles. The summed E-state index contributed by atoms with van der Waals surface area (Å²) >= 11 is 3.47. The normalized spacial score (nSPS) is 28.9. The summed E-state index contributed by atoms with van der Waals surface area (Å²) in [5.74, 6) is 1.38. The molecule has 3 heterocycles. The highest BCUT2D eigenvalue weighted by Gasteiger charge is 2.39. The summed E-state index contributed by atoms with van der Waals surface area (Å²) in [5.41, 5.74) is 9.47. The Morgan fingerprint density at radius 3 is 3.00 bits per heavy atom. The first-order valence-electron chi connectivity index (χ1n) is 7.63. The second kappa shape index (κ2) is 5.21. The largest absolute Gasteiger partial charge is 0.369 e. The van der Waals surface area contributed by atoms with E-state index in [9.17, 15) is 0 Å². The Morgan fingerprint density at radius 1 is 1.24 bits per heavy atom. The molecule has 1 saturated carbocycles. The van der Waals surface area contributed by atoms with Gasteiger partial charge in [0, 0.05) is 36.0 Å². The molecule has 0 radical (unpaired) electrons. The van der Waals surface area contributed by atoms with Crippen LogP contribution in [0.1, 0.15) is 19.3 Å². The summed E-state index contributed by atoms with van der Waals surface area (Å²) < 4.78 is 0.969. The maximum atomic E-state index is 6.33. The van der Waals surface area contributed by atoms with Crippen LogP contribution in [0.25, 0.3) is 11.0 Å². The number of halogens is 1. The first-order valence-corrected chi connectivity index (χ1v) is 8.42. The number of anilines is 1. The zero-order valence-electron chi connectivity index (χ0n) is 11.9. The zero-order chi connectivity index (χ0) is 14.4. The lowest BCUT2D eigenvalue weighted by molar-refractivity contribution is 0.260. The van der Waals surface area contributed by atoms with Crippen LogP contribution < -0.4 is 10.6 Å². The van der Waals surface area contributed by atoms with Gasteiger partial charge in [-0.05, 0) is 52.7 Å². The average molecular weight is 347 g/mol. The van der Waals surface area contributed by atoms with Gasteiger partial charge in [0.1, 0.15) is 5.52 Å². The molecule has 0 spiro atoms. The molecule has 21 heavy (non-hydrogen) atoms. The average Bonchev–Trinajstić information content (AvgIpc) is 2.91. The molecule has 1 aliphatic heterocycles. The van der Waals surface area contributed by atoms with Crippen LogP contribution >= 0.6 is 15.9 Å². The fraction of sp³-hybridized carbons (Fsp3) is 0.500. The summed E-state index contributed by atoms with van der Waals surface area (Å²) in [6, 6.07) is 4.48. The van der Waals surface area contributed by atoms with E-state index in [2.05, 4.69) is 36.9 Å². The summed E-state index contributed by atoms with van der Waals surface area (Å²) in [6.07, 6.45) is 7.50. The maximum absolute atomic E-state index is 6.33. The lowest BCUT2D eigenvalue weighted by Crippen LogP contribution is -2.38. The van der Waals surface area contributed by atoms with E-state index < -0.39 is 0 Å². The van der Waals surface area contributed by atoms with Gasteiger partial charge in [0.05, 0.1) is 11.2 Å². The van der Waals surface area contributed by atoms with Crippen molar-refractivity contribution in [2.24, 2.45) is 17.6 Å². The van der Waals surface area contributed by atoms with Crippen molar-refractivity contribution < 1.29 is 0 Å². The Balaban J connectivity index is 1.71. The molecule has 0 bridgehead atoms. The van der Waals surface area contributed by atoms with Gasteiger partial charge in [-0.3, -0.25) is 9.97 Å². The molecule has 3 unspecified atom stereocenters. The molecule has 2 fully saturated rings. The van der Waals surface area contributed by atoms with E-state index in [0.717, 1.165) is 34.5 Å². The van der Waals surface area contributed by atoms with E-state index in [1.54, 1.807) is 0 Å². The lowest BCUT2D eigenvalue weighted by Gasteiger charge is -2.29. The zero-order valence-corrected chi connectivity index (χ0v) is 13.5. The standard InChI is InChI=1S/C16H19BrN4/c17-11-6-14-16(20-7-11)15(4-5-19-14)21-8-10-2-1-3-13(18)12(10)9-21/h4-7,10,12-13H,1-3,8-9,18H2. The third-order valence-electron chi connectivity index (χ3n) is 5.02. The van der Waals surface area contributed by atoms with Crippen LogP contribution in [0.15, 0.2) is 29.0 Å². The minimum Gasteiger partial charge on any atom is -0.369 e. The fourth-order valence-electron chi connectivity index (χ4n) is 3.96. The number of hydrogen-bond donors (Lipinski definition) is 1. The van der Waals surface area contributed by atoms with E-state index in [1.807, 2.05) is 18.5 Å². The molecular weight excluding hydrogens is 328 g/mol. The molecule has 2 aromatic heterocycles. The van der Waals surface area contributed by atoms with Crippen molar-refractivity contribution in [3.63, 3.8) is 0 Å². The minimum atomic E-state index is 0.365. The molecule has 0 aromatic carbocycles. The Labute approximate surface area is 132 Å². The van der Waals surface area contributed by atoms with Crippen LogP contribution in [0.4, 0.5) is 5.69 Å². The van der Waals surface area contributed by atoms with Gasteiger partial charge >= 0.3 is 0 Å². The molecule has 110 valence electrons. The Hall–Kier alpha value is -1.20. The highest BCUT2D eigenvalue weighted by atomic mass is 79.9. The number of nitrogens with two attached hydrogens (primary N) is 1. The monoisotopic (exact) mass is 346 g/mol. The predicted octanol–water partition coefficient (Wildman–Crippen LogP) is 2.96. The van der Waals surface area contributed by atoms with Crippen LogP contribution in [0, 0.1) is 11.8 Å². The van der Waals surface area contributed by atoms with Crippen LogP contribution in [-0.2, 0) is 0 Å². The molecule has 0 amide bonds. The van der Waals surface area contributed by atoms with Crippen molar-refractivity contribution in [2.45, 2.75) is 25.3 Å². The molecular formula is C16H19BrN4. The van der Waals surface area contributed by atoms with E-state index in [1.165, 1.54) is 24.9 Å². The van der Waals surface area contributed by atoms with E-state index in [0.29, 0.717) is 12.0 Å². The van der Waals surface area contributed by atoms with Gasteiger partial charge in [-0.1, -0.05) is 6.42 Å². The fourth-order valence-corrected chi connectivity index (χ4v) is 4.28. The van der Waals surface area contributed by atoms with Crippen LogP contribution in [0.2, 0.25) is 0 Å². The molecule has 4 nitrogen and oxygen atoms in total. The Morgan fingerprint density at radius 2 is 2.14 bits per heavy atom. The van der Waals surface area contributed by atoms with Crippen LogP contribution in [-0.4, -0.2) is 29.1 Å². The Kier molecular flexibility index (Phi) is 3.34. The first-order chi connectivity index (χ1) is 10.2. The third kappa shape index (κ3) is 2.32. The number of pyridine rings is 2. The van der Waals surface area contributed by atoms with Crippen molar-refractivity contribution in [1.29, 1.82) is 0 Å². The van der Waals surface area contributed by atoms with E-state index >= 15 is 0 Å². The summed E-state index contributed by atoms with van der Waals surface area (Å²) in [4.78, 5) is 11.5. The first kappa shape index (κ1) is 13.5. The molecule has 1 aliphatic carbocycles. The van der Waals surface area contributed by atoms with Gasteiger partial charge in [0.25, 0.3) is 0 Å². The summed E-state index contributed by atoms with van der Waals surface area (Å²) in [7, 11) is 0. The van der Waals surface area contributed by atoms with Crippen molar-refractivity contribution in [1.82, 2.24) is 9.97 Å². The SMILES string of the molecule is NC1CCCC2CN(c3ccnc4cc(Br)cnc34)CC12. The van der Waals surface area contributed by atoms with Gasteiger partial charge in [-0.25, -0.2) is 0 Å². The maximum Gasteiger partial charge on any atom is 0.112 e. The highest BCUT2D eigenvalue weighted by molar-refractivity contribution is 9.10. The predicted molar refractivity (Wildman–Crippen MR) is 88.3 cm³/mol. The molecule has 5 heteroatoms. The van der Waals surface area contributed by atoms with Gasteiger partial charge < -0.3 is 10.6 Å². The van der Waals surface area contributed by atoms with Gasteiger partial charge in [0.15, 0.2) is 0 Å². The smallest absolute Gasteiger partial charge is 0.112 e. The van der Waals surface area contributed by atoms with Crippen molar-refractivity contribution >= 4 is 32.7 Å². The van der Waals surface area contributed by atoms with Crippen molar-refractivity contribution in [2.75, 3.05) is 18.0 Å². The topological polar surface area (TPSA) is 55.0 Å². The van der Waals surface area contributed by atoms with E-state index in [-0.39, 0.29) is 0 Å². The minimum absolute atomic E-state index is 0.365. The Bertz CT molecular complexity index is 674. The van der Waals surface area contributed by atoms with Gasteiger partial charge in [0.2, 0.25) is 0 Å². The molecule has 4 rings (SSSR count). The number of nitrogens with zero attached hydrogens (tertiary/aromatic N) is 3. The quantitative estimate of drug-likeness (QED) is 0.862. The number of hydrogen-bond acceptors (Lipinski definition) is 4. The number of fused-ring (bicyclic) bond motifs is 2. The molecule has 3 atom stereocenters. The number of rotatable bonds is 1. The highest BCUT2D eigenvalue weighted by Crippen LogP contribution is 2.39. The summed E-state index contributed by atoms with van der Waals surface area (Å²) in [6.45, 7) is 2.16. The second-order valence-electron chi connectivity index (χ2n) is 6.28. The van der Waals surface area contributed by atoms with Gasteiger partial charge in [-0.15, -0.1) is 0 Å². The molecule has 2 aromatic rings. The molecule has 2 N–H and O–H groups in total. The lowest BCUT2D eigenvalue weighted by atomic mass is 9.78. The van der Waals surface area contributed by atoms with Crippen LogP contribution in [0.5, 0.6) is 0 Å². The van der Waals surface area contributed by atoms with Crippen molar-refractivity contribution in [3.8, 4) is 0 Å². The van der Waals surface area contributed by atoms with Gasteiger partial charge in [-0.2, -0.15) is 0 Å². The molecule has 2 aliphatic rings. The third-order valence-corrected chi connectivity index (χ3v) is 5.45. The second-order valence-corrected chi connectivity index (χ2v) is 7.19. The summed E-state index contributed by atoms with van der Waals surface area (Å²) in [5, 5.41) is 0. The van der Waals surface area contributed by atoms with Crippen LogP contribution in [0.3, 0.4) is 0 Å². The van der Waals surface area contributed by atoms with E-state index in [4.69, 9.17) is 5.73 Å².